The average molecular weight is 484 g/mol. The number of rotatable bonds is 6. The molecule has 7 atom stereocenters. The number of methoxy groups -OCH3 is 1. The quantitative estimate of drug-likeness (QED) is 0.241. The molecule has 0 aromatic heterocycles. The molecule has 0 aromatic rings. The number of hydrogen-bond acceptors (Lipinski definition) is 5. The molecule has 0 aromatic carbocycles. The molecule has 0 saturated heterocycles. The van der Waals surface area contributed by atoms with E-state index in [9.17, 15) is 9.59 Å². The van der Waals surface area contributed by atoms with E-state index in [-0.39, 0.29) is 22.2 Å². The van der Waals surface area contributed by atoms with Gasteiger partial charge in [-0.1, -0.05) is 37.4 Å². The summed E-state index contributed by atoms with van der Waals surface area (Å²) in [6.45, 7) is 7.41. The molecule has 0 amide bonds. The molecule has 5 heteroatoms. The molecule has 0 N–H and O–H groups in total. The molecule has 5 rings (SSSR count). The second-order valence-electron chi connectivity index (χ2n) is 12.8. The standard InChI is InChI=1S/C30H45NO4/c1-20(32)30-14-6-5-8-22(30)19-26-24-11-10-21-18-23(31-35-17-7-9-27(33)34-4)12-15-28(21,2)25(24)13-16-29(26,30)3/h18,22,24-26H,5-17,19H2,1-4H3/b31-23-/t22-,24-,25+,26+,28+,29+,30+/m1/s1. The molecular formula is C30H45NO4. The van der Waals surface area contributed by atoms with Gasteiger partial charge in [-0.05, 0) is 112 Å². The predicted molar refractivity (Wildman–Crippen MR) is 137 cm³/mol. The second kappa shape index (κ2) is 9.34. The van der Waals surface area contributed by atoms with Gasteiger partial charge in [-0.3, -0.25) is 9.59 Å². The minimum atomic E-state index is -0.201. The van der Waals surface area contributed by atoms with Crippen molar-refractivity contribution in [1.29, 1.82) is 0 Å². The highest BCUT2D eigenvalue weighted by Crippen LogP contribution is 2.74. The highest BCUT2D eigenvalue weighted by Gasteiger charge is 2.69. The van der Waals surface area contributed by atoms with Crippen LogP contribution in [0.25, 0.3) is 0 Å². The molecule has 0 radical (unpaired) electrons. The SMILES string of the molecule is COC(=O)CCCO/N=C1\C=C2CC[C@@H]3[C@H](CC[C@@]4(C)[C@H]3C[C@H]3CCCC[C@]34C(C)=O)[C@@]2(C)CC1. The van der Waals surface area contributed by atoms with Crippen molar-refractivity contribution >= 4 is 17.5 Å². The number of nitrogens with zero attached hydrogens (tertiary/aromatic N) is 1. The monoisotopic (exact) mass is 483 g/mol. The van der Waals surface area contributed by atoms with Gasteiger partial charge in [0, 0.05) is 11.8 Å². The zero-order valence-electron chi connectivity index (χ0n) is 22.4. The first-order chi connectivity index (χ1) is 16.8. The van der Waals surface area contributed by atoms with Crippen molar-refractivity contribution in [3.8, 4) is 0 Å². The molecule has 4 saturated carbocycles. The van der Waals surface area contributed by atoms with E-state index in [1.807, 2.05) is 6.92 Å². The summed E-state index contributed by atoms with van der Waals surface area (Å²) >= 11 is 0. The van der Waals surface area contributed by atoms with Crippen molar-refractivity contribution in [3.05, 3.63) is 11.6 Å². The first-order valence-corrected chi connectivity index (χ1v) is 14.2. The molecule has 4 fully saturated rings. The number of fused-ring (bicyclic) bond motifs is 7. The smallest absolute Gasteiger partial charge is 0.305 e. The molecule has 0 heterocycles. The lowest BCUT2D eigenvalue weighted by Gasteiger charge is -2.60. The second-order valence-corrected chi connectivity index (χ2v) is 12.8. The van der Waals surface area contributed by atoms with Crippen molar-refractivity contribution in [3.63, 3.8) is 0 Å². The fourth-order valence-corrected chi connectivity index (χ4v) is 9.95. The van der Waals surface area contributed by atoms with Gasteiger partial charge in [-0.2, -0.15) is 0 Å². The van der Waals surface area contributed by atoms with Gasteiger partial charge >= 0.3 is 5.97 Å². The van der Waals surface area contributed by atoms with E-state index >= 15 is 0 Å². The van der Waals surface area contributed by atoms with E-state index in [1.54, 1.807) is 5.57 Å². The number of carbonyl (C=O) groups is 2. The molecule has 5 nitrogen and oxygen atoms in total. The van der Waals surface area contributed by atoms with E-state index in [0.29, 0.717) is 37.1 Å². The summed E-state index contributed by atoms with van der Waals surface area (Å²) in [4.78, 5) is 30.1. The van der Waals surface area contributed by atoms with Crippen molar-refractivity contribution in [2.75, 3.05) is 13.7 Å². The van der Waals surface area contributed by atoms with E-state index in [0.717, 1.165) is 43.2 Å². The summed E-state index contributed by atoms with van der Waals surface area (Å²) < 4.78 is 4.68. The number of esters is 1. The van der Waals surface area contributed by atoms with Gasteiger partial charge in [-0.25, -0.2) is 0 Å². The normalized spacial score (nSPS) is 43.3. The summed E-state index contributed by atoms with van der Waals surface area (Å²) in [6, 6.07) is 0. The zero-order valence-corrected chi connectivity index (χ0v) is 22.4. The van der Waals surface area contributed by atoms with Crippen LogP contribution in [0.1, 0.15) is 104 Å². The van der Waals surface area contributed by atoms with Crippen LogP contribution in [-0.4, -0.2) is 31.2 Å². The number of ether oxygens (including phenoxy) is 1. The van der Waals surface area contributed by atoms with Gasteiger partial charge in [0.05, 0.1) is 12.8 Å². The fourth-order valence-electron chi connectivity index (χ4n) is 9.95. The van der Waals surface area contributed by atoms with Crippen molar-refractivity contribution in [2.45, 2.75) is 104 Å². The van der Waals surface area contributed by atoms with Crippen LogP contribution in [-0.2, 0) is 19.2 Å². The maximum absolute atomic E-state index is 13.3. The fraction of sp³-hybridized carbons (Fsp3) is 0.833. The van der Waals surface area contributed by atoms with Gasteiger partial charge in [0.25, 0.3) is 0 Å². The van der Waals surface area contributed by atoms with Crippen LogP contribution in [0, 0.1) is 39.9 Å². The minimum absolute atomic E-state index is 0.0461. The Morgan fingerprint density at radius 3 is 2.66 bits per heavy atom. The average Bonchev–Trinajstić information content (AvgIpc) is 3.13. The Morgan fingerprint density at radius 2 is 1.89 bits per heavy atom. The number of oxime groups is 1. The maximum atomic E-state index is 13.3. The van der Waals surface area contributed by atoms with Gasteiger partial charge in [0.2, 0.25) is 0 Å². The summed E-state index contributed by atoms with van der Waals surface area (Å²) in [5.74, 6) is 3.11. The van der Waals surface area contributed by atoms with E-state index < -0.39 is 0 Å². The summed E-state index contributed by atoms with van der Waals surface area (Å²) in [5.41, 5.74) is 3.03. The number of hydrogen-bond donors (Lipinski definition) is 0. The van der Waals surface area contributed by atoms with E-state index in [2.05, 4.69) is 29.8 Å². The van der Waals surface area contributed by atoms with Crippen molar-refractivity contribution < 1.29 is 19.2 Å². The molecule has 194 valence electrons. The Balaban J connectivity index is 1.31. The van der Waals surface area contributed by atoms with E-state index in [1.165, 1.54) is 52.1 Å². The summed E-state index contributed by atoms with van der Waals surface area (Å²) in [6.07, 6.45) is 16.6. The molecule has 0 unspecified atom stereocenters. The van der Waals surface area contributed by atoms with Crippen LogP contribution in [0.3, 0.4) is 0 Å². The Hall–Kier alpha value is -1.65. The molecule has 5 aliphatic rings. The molecule has 35 heavy (non-hydrogen) atoms. The topological polar surface area (TPSA) is 65.0 Å². The van der Waals surface area contributed by atoms with Gasteiger partial charge < -0.3 is 9.57 Å². The number of carbonyl (C=O) groups excluding carboxylic acids is 2. The molecule has 0 bridgehead atoms. The zero-order chi connectivity index (χ0) is 24.8. The van der Waals surface area contributed by atoms with Crippen LogP contribution in [0.15, 0.2) is 16.8 Å². The molecular weight excluding hydrogens is 438 g/mol. The van der Waals surface area contributed by atoms with Gasteiger partial charge in [0.1, 0.15) is 12.4 Å². The summed E-state index contributed by atoms with van der Waals surface area (Å²) in [5, 5.41) is 4.42. The van der Waals surface area contributed by atoms with Crippen LogP contribution in [0.2, 0.25) is 0 Å². The molecule has 5 aliphatic carbocycles. The summed E-state index contributed by atoms with van der Waals surface area (Å²) in [7, 11) is 1.41. The Labute approximate surface area is 211 Å². The lowest BCUT2D eigenvalue weighted by molar-refractivity contribution is -0.148. The molecule has 0 spiro atoms. The number of ketones is 1. The highest BCUT2D eigenvalue weighted by atomic mass is 16.6. The number of allylic oxidation sites excluding steroid dienone is 2. The Kier molecular flexibility index (Phi) is 6.68. The van der Waals surface area contributed by atoms with Gasteiger partial charge in [-0.15, -0.1) is 0 Å². The third-order valence-electron chi connectivity index (χ3n) is 11.6. The van der Waals surface area contributed by atoms with Crippen molar-refractivity contribution in [2.24, 2.45) is 45.1 Å². The highest BCUT2D eigenvalue weighted by molar-refractivity contribution is 5.96. The Bertz CT molecular complexity index is 923. The third-order valence-corrected chi connectivity index (χ3v) is 11.6. The van der Waals surface area contributed by atoms with Crippen LogP contribution < -0.4 is 0 Å². The predicted octanol–water partition coefficient (Wildman–Crippen LogP) is 6.65. The third kappa shape index (κ3) is 3.82. The maximum Gasteiger partial charge on any atom is 0.305 e. The largest absolute Gasteiger partial charge is 0.469 e. The molecule has 0 aliphatic heterocycles. The number of Topliss-reactive ketones (excluding diaryl/α,β-unsaturated/α-hetero) is 1. The lowest BCUT2D eigenvalue weighted by Crippen LogP contribution is -2.55. The van der Waals surface area contributed by atoms with Crippen LogP contribution >= 0.6 is 0 Å². The van der Waals surface area contributed by atoms with Gasteiger partial charge in [0.15, 0.2) is 0 Å². The lowest BCUT2D eigenvalue weighted by atomic mass is 9.44. The Morgan fingerprint density at radius 1 is 1.06 bits per heavy atom. The van der Waals surface area contributed by atoms with E-state index in [4.69, 9.17) is 4.84 Å². The minimum Gasteiger partial charge on any atom is -0.469 e. The van der Waals surface area contributed by atoms with Crippen LogP contribution in [0.4, 0.5) is 0 Å². The van der Waals surface area contributed by atoms with Crippen LogP contribution in [0.5, 0.6) is 0 Å². The first-order valence-electron chi connectivity index (χ1n) is 14.2. The first kappa shape index (κ1) is 25.0. The van der Waals surface area contributed by atoms with Crippen molar-refractivity contribution in [1.82, 2.24) is 0 Å².